The monoisotopic (exact) mass is 462 g/mol. The van der Waals surface area contributed by atoms with E-state index in [0.29, 0.717) is 5.69 Å². The SMILES string of the molecule is Cc1cc(NC(=O)CN2C(=O)c3ccccc3C2=O)n(-c2cc(C(F)(F)F)ccc2Cl)n1. The van der Waals surface area contributed by atoms with E-state index in [1.165, 1.54) is 18.2 Å². The van der Waals surface area contributed by atoms with Gasteiger partial charge in [-0.05, 0) is 37.3 Å². The Labute approximate surface area is 184 Å². The summed E-state index contributed by atoms with van der Waals surface area (Å²) in [5, 5.41) is 6.58. The lowest BCUT2D eigenvalue weighted by molar-refractivity contribution is -0.137. The van der Waals surface area contributed by atoms with Gasteiger partial charge in [0.2, 0.25) is 5.91 Å². The first kappa shape index (κ1) is 21.6. The number of imide groups is 1. The zero-order valence-electron chi connectivity index (χ0n) is 16.4. The van der Waals surface area contributed by atoms with Crippen molar-refractivity contribution < 1.29 is 27.6 Å². The number of halogens is 4. The molecule has 3 aromatic rings. The fourth-order valence-electron chi connectivity index (χ4n) is 3.33. The Hall–Kier alpha value is -3.66. The summed E-state index contributed by atoms with van der Waals surface area (Å²) < 4.78 is 40.5. The average molecular weight is 463 g/mol. The number of aryl methyl sites for hydroxylation is 1. The molecule has 0 spiro atoms. The Bertz CT molecular complexity index is 1230. The highest BCUT2D eigenvalue weighted by atomic mass is 35.5. The van der Waals surface area contributed by atoms with Gasteiger partial charge in [-0.1, -0.05) is 23.7 Å². The highest BCUT2D eigenvalue weighted by Gasteiger charge is 2.36. The number of carbonyl (C=O) groups excluding carboxylic acids is 3. The van der Waals surface area contributed by atoms with Gasteiger partial charge in [-0.25, -0.2) is 4.68 Å². The Morgan fingerprint density at radius 3 is 2.28 bits per heavy atom. The quantitative estimate of drug-likeness (QED) is 0.592. The summed E-state index contributed by atoms with van der Waals surface area (Å²) in [5.74, 6) is -1.91. The number of fused-ring (bicyclic) bond motifs is 1. The van der Waals surface area contributed by atoms with E-state index in [9.17, 15) is 27.6 Å². The third kappa shape index (κ3) is 3.84. The first-order valence-electron chi connectivity index (χ1n) is 9.25. The number of alkyl halides is 3. The van der Waals surface area contributed by atoms with E-state index in [-0.39, 0.29) is 27.7 Å². The fraction of sp³-hybridized carbons (Fsp3) is 0.143. The van der Waals surface area contributed by atoms with Crippen molar-refractivity contribution in [2.75, 3.05) is 11.9 Å². The second-order valence-electron chi connectivity index (χ2n) is 7.04. The molecule has 32 heavy (non-hydrogen) atoms. The van der Waals surface area contributed by atoms with Crippen LogP contribution < -0.4 is 5.32 Å². The molecule has 0 saturated carbocycles. The van der Waals surface area contributed by atoms with Gasteiger partial charge < -0.3 is 5.32 Å². The first-order chi connectivity index (χ1) is 15.1. The van der Waals surface area contributed by atoms with E-state index in [0.717, 1.165) is 27.8 Å². The van der Waals surface area contributed by atoms with Crippen LogP contribution in [0.25, 0.3) is 5.69 Å². The van der Waals surface area contributed by atoms with Gasteiger partial charge in [-0.15, -0.1) is 0 Å². The van der Waals surface area contributed by atoms with Crippen LogP contribution in [0.2, 0.25) is 5.02 Å². The molecular weight excluding hydrogens is 449 g/mol. The summed E-state index contributed by atoms with van der Waals surface area (Å²) in [5.41, 5.74) is -0.239. The van der Waals surface area contributed by atoms with Crippen molar-refractivity contribution in [2.45, 2.75) is 13.1 Å². The van der Waals surface area contributed by atoms with E-state index in [4.69, 9.17) is 11.6 Å². The minimum atomic E-state index is -4.60. The molecule has 0 fully saturated rings. The van der Waals surface area contributed by atoms with Crippen molar-refractivity contribution in [1.82, 2.24) is 14.7 Å². The first-order valence-corrected chi connectivity index (χ1v) is 9.63. The van der Waals surface area contributed by atoms with Crippen LogP contribution in [0, 0.1) is 6.92 Å². The van der Waals surface area contributed by atoms with Crippen molar-refractivity contribution in [3.05, 3.63) is 75.9 Å². The molecule has 1 aliphatic rings. The predicted octanol–water partition coefficient (Wildman–Crippen LogP) is 4.09. The van der Waals surface area contributed by atoms with Crippen LogP contribution in [0.4, 0.5) is 19.0 Å². The Balaban J connectivity index is 1.59. The second kappa shape index (κ2) is 7.79. The number of carbonyl (C=O) groups is 3. The van der Waals surface area contributed by atoms with Crippen molar-refractivity contribution in [3.8, 4) is 5.69 Å². The molecule has 4 rings (SSSR count). The summed E-state index contributed by atoms with van der Waals surface area (Å²) in [4.78, 5) is 38.3. The van der Waals surface area contributed by atoms with Crippen LogP contribution in [0.1, 0.15) is 32.0 Å². The number of hydrogen-bond acceptors (Lipinski definition) is 4. The van der Waals surface area contributed by atoms with Crippen LogP contribution in [0.3, 0.4) is 0 Å². The minimum Gasteiger partial charge on any atom is -0.309 e. The third-order valence-electron chi connectivity index (χ3n) is 4.78. The minimum absolute atomic E-state index is 0.0167. The normalized spacial score (nSPS) is 13.5. The maximum absolute atomic E-state index is 13.1. The summed E-state index contributed by atoms with van der Waals surface area (Å²) in [6.07, 6.45) is -4.60. The van der Waals surface area contributed by atoms with Gasteiger partial charge in [0.05, 0.1) is 33.1 Å². The van der Waals surface area contributed by atoms with E-state index in [1.54, 1.807) is 19.1 Å². The molecule has 7 nitrogen and oxygen atoms in total. The smallest absolute Gasteiger partial charge is 0.309 e. The molecule has 164 valence electrons. The molecule has 2 heterocycles. The molecule has 3 amide bonds. The molecule has 1 N–H and O–H groups in total. The summed E-state index contributed by atoms with van der Waals surface area (Å²) in [6.45, 7) is 1.00. The number of rotatable bonds is 4. The molecule has 0 bridgehead atoms. The topological polar surface area (TPSA) is 84.3 Å². The molecule has 0 unspecified atom stereocenters. The Kier molecular flexibility index (Phi) is 5.25. The summed E-state index contributed by atoms with van der Waals surface area (Å²) >= 11 is 6.09. The average Bonchev–Trinajstić information content (AvgIpc) is 3.20. The summed E-state index contributed by atoms with van der Waals surface area (Å²) in [6, 6.07) is 10.3. The van der Waals surface area contributed by atoms with E-state index < -0.39 is 36.0 Å². The standard InChI is InChI=1S/C21H14ClF3N4O3/c1-11-8-17(29(27-11)16-9-12(21(23,24)25)6-7-15(16)22)26-18(30)10-28-19(31)13-4-2-3-5-14(13)20(28)32/h2-9H,10H2,1H3,(H,26,30). The van der Waals surface area contributed by atoms with E-state index >= 15 is 0 Å². The molecule has 1 aliphatic heterocycles. The molecule has 0 radical (unpaired) electrons. The molecule has 2 aromatic carbocycles. The Morgan fingerprint density at radius 1 is 1.06 bits per heavy atom. The fourth-order valence-corrected chi connectivity index (χ4v) is 3.53. The number of benzene rings is 2. The van der Waals surface area contributed by atoms with Crippen LogP contribution >= 0.6 is 11.6 Å². The predicted molar refractivity (Wildman–Crippen MR) is 109 cm³/mol. The van der Waals surface area contributed by atoms with Gasteiger partial charge >= 0.3 is 6.18 Å². The van der Waals surface area contributed by atoms with Gasteiger partial charge in [-0.3, -0.25) is 19.3 Å². The number of anilines is 1. The maximum atomic E-state index is 13.1. The molecule has 1 aromatic heterocycles. The number of hydrogen-bond donors (Lipinski definition) is 1. The largest absolute Gasteiger partial charge is 0.416 e. The highest BCUT2D eigenvalue weighted by Crippen LogP contribution is 2.34. The molecule has 0 saturated heterocycles. The van der Waals surface area contributed by atoms with Gasteiger partial charge in [0.25, 0.3) is 11.8 Å². The van der Waals surface area contributed by atoms with Crippen LogP contribution in [-0.2, 0) is 11.0 Å². The van der Waals surface area contributed by atoms with Gasteiger partial charge in [0.1, 0.15) is 12.4 Å². The number of nitrogens with one attached hydrogen (secondary N) is 1. The molecule has 0 aliphatic carbocycles. The van der Waals surface area contributed by atoms with Crippen LogP contribution in [0.15, 0.2) is 48.5 Å². The number of nitrogens with zero attached hydrogens (tertiary/aromatic N) is 3. The summed E-state index contributed by atoms with van der Waals surface area (Å²) in [7, 11) is 0. The van der Waals surface area contributed by atoms with Crippen LogP contribution in [-0.4, -0.2) is 38.9 Å². The zero-order valence-corrected chi connectivity index (χ0v) is 17.2. The molecular formula is C21H14ClF3N4O3. The third-order valence-corrected chi connectivity index (χ3v) is 5.10. The maximum Gasteiger partial charge on any atom is 0.416 e. The molecule has 11 heteroatoms. The van der Waals surface area contributed by atoms with Gasteiger partial charge in [0.15, 0.2) is 0 Å². The number of aromatic nitrogens is 2. The van der Waals surface area contributed by atoms with Crippen LogP contribution in [0.5, 0.6) is 0 Å². The zero-order chi connectivity index (χ0) is 23.2. The second-order valence-corrected chi connectivity index (χ2v) is 7.44. The lowest BCUT2D eigenvalue weighted by Gasteiger charge is -2.15. The Morgan fingerprint density at radius 2 is 1.69 bits per heavy atom. The van der Waals surface area contributed by atoms with Crippen molar-refractivity contribution >= 4 is 35.1 Å². The number of amides is 3. The van der Waals surface area contributed by atoms with Gasteiger partial charge in [-0.2, -0.15) is 18.3 Å². The van der Waals surface area contributed by atoms with E-state index in [1.807, 2.05) is 0 Å². The van der Waals surface area contributed by atoms with E-state index in [2.05, 4.69) is 10.4 Å². The molecule has 0 atom stereocenters. The lowest BCUT2D eigenvalue weighted by Crippen LogP contribution is -2.37. The lowest BCUT2D eigenvalue weighted by atomic mass is 10.1. The van der Waals surface area contributed by atoms with Crippen molar-refractivity contribution in [3.63, 3.8) is 0 Å². The van der Waals surface area contributed by atoms with Crippen molar-refractivity contribution in [2.24, 2.45) is 0 Å². The van der Waals surface area contributed by atoms with Gasteiger partial charge in [0, 0.05) is 6.07 Å². The van der Waals surface area contributed by atoms with Crippen molar-refractivity contribution in [1.29, 1.82) is 0 Å². The highest BCUT2D eigenvalue weighted by molar-refractivity contribution is 6.32.